The molecule has 0 radical (unpaired) electrons. The summed E-state index contributed by atoms with van der Waals surface area (Å²) in [6, 6.07) is 9.54. The van der Waals surface area contributed by atoms with Gasteiger partial charge in [0, 0.05) is 29.7 Å². The van der Waals surface area contributed by atoms with Gasteiger partial charge >= 0.3 is 0 Å². The van der Waals surface area contributed by atoms with Gasteiger partial charge in [-0.25, -0.2) is 0 Å². The van der Waals surface area contributed by atoms with Gasteiger partial charge in [-0.1, -0.05) is 17.7 Å². The van der Waals surface area contributed by atoms with Crippen molar-refractivity contribution in [2.75, 3.05) is 19.7 Å². The Labute approximate surface area is 183 Å². The van der Waals surface area contributed by atoms with Gasteiger partial charge < -0.3 is 15.0 Å². The third-order valence-corrected chi connectivity index (χ3v) is 6.28. The van der Waals surface area contributed by atoms with E-state index in [4.69, 9.17) is 16.3 Å². The number of nitrogens with zero attached hydrogens (tertiary/aromatic N) is 1. The van der Waals surface area contributed by atoms with Crippen molar-refractivity contribution < 1.29 is 14.3 Å². The third-order valence-electron chi connectivity index (χ3n) is 5.68. The summed E-state index contributed by atoms with van der Waals surface area (Å²) in [4.78, 5) is 26.9. The highest BCUT2D eigenvalue weighted by atomic mass is 35.5. The second-order valence-electron chi connectivity index (χ2n) is 8.09. The molecule has 2 amide bonds. The Morgan fingerprint density at radius 1 is 1.00 bits per heavy atom. The first kappa shape index (κ1) is 22.2. The monoisotopic (exact) mass is 428 g/mol. The highest BCUT2D eigenvalue weighted by Crippen LogP contribution is 2.25. The molecule has 2 aromatic rings. The summed E-state index contributed by atoms with van der Waals surface area (Å²) >= 11 is 6.17. The topological polar surface area (TPSA) is 58.6 Å². The Balaban J connectivity index is 1.46. The van der Waals surface area contributed by atoms with E-state index >= 15 is 0 Å². The second-order valence-corrected chi connectivity index (χ2v) is 8.47. The molecule has 0 unspecified atom stereocenters. The second kappa shape index (κ2) is 9.52. The Morgan fingerprint density at radius 3 is 2.23 bits per heavy atom. The Hall–Kier alpha value is -2.53. The molecule has 160 valence electrons. The molecular weight excluding hydrogens is 400 g/mol. The zero-order valence-electron chi connectivity index (χ0n) is 18.0. The molecule has 1 fully saturated rings. The van der Waals surface area contributed by atoms with Crippen LogP contribution >= 0.6 is 11.6 Å². The van der Waals surface area contributed by atoms with E-state index in [0.717, 1.165) is 35.1 Å². The van der Waals surface area contributed by atoms with E-state index in [1.165, 1.54) is 5.56 Å². The lowest BCUT2D eigenvalue weighted by molar-refractivity contribution is -0.124. The fraction of sp³-hybridized carbons (Fsp3) is 0.417. The molecular formula is C24H29ClN2O3. The number of hydrogen-bond donors (Lipinski definition) is 1. The van der Waals surface area contributed by atoms with Gasteiger partial charge in [-0.05, 0) is 87.1 Å². The predicted molar refractivity (Wildman–Crippen MR) is 119 cm³/mol. The zero-order valence-corrected chi connectivity index (χ0v) is 18.8. The van der Waals surface area contributed by atoms with E-state index in [-0.39, 0.29) is 24.5 Å². The van der Waals surface area contributed by atoms with E-state index in [0.29, 0.717) is 23.9 Å². The van der Waals surface area contributed by atoms with Crippen LogP contribution in [0.1, 0.15) is 45.5 Å². The van der Waals surface area contributed by atoms with E-state index in [2.05, 4.69) is 5.32 Å². The first-order valence-electron chi connectivity index (χ1n) is 10.3. The number of likely N-dealkylation sites (tertiary alicyclic amines) is 1. The average Bonchev–Trinajstić information content (AvgIpc) is 2.72. The van der Waals surface area contributed by atoms with Gasteiger partial charge in [0.15, 0.2) is 6.61 Å². The number of amides is 2. The number of hydrogen-bond acceptors (Lipinski definition) is 3. The molecule has 0 bridgehead atoms. The van der Waals surface area contributed by atoms with Gasteiger partial charge in [0.2, 0.25) is 0 Å². The van der Waals surface area contributed by atoms with E-state index in [1.54, 1.807) is 0 Å². The normalized spacial score (nSPS) is 14.5. The Morgan fingerprint density at radius 2 is 1.63 bits per heavy atom. The number of carbonyl (C=O) groups excluding carboxylic acids is 2. The standard InChI is InChI=1S/C24H29ClN2O3/c1-15-5-6-19(11-16(15)2)24(29)27-9-7-20(8-10-27)26-22(28)14-30-21-12-17(3)23(25)18(4)13-21/h5-6,11-13,20H,7-10,14H2,1-4H3,(H,26,28). The van der Waals surface area contributed by atoms with E-state index in [9.17, 15) is 9.59 Å². The zero-order chi connectivity index (χ0) is 21.8. The summed E-state index contributed by atoms with van der Waals surface area (Å²) < 4.78 is 5.63. The maximum absolute atomic E-state index is 12.7. The van der Waals surface area contributed by atoms with Crippen LogP contribution in [-0.4, -0.2) is 42.5 Å². The molecule has 5 nitrogen and oxygen atoms in total. The first-order valence-corrected chi connectivity index (χ1v) is 10.7. The predicted octanol–water partition coefficient (Wildman–Crippen LogP) is 4.37. The summed E-state index contributed by atoms with van der Waals surface area (Å²) in [6.07, 6.45) is 1.48. The minimum Gasteiger partial charge on any atom is -0.484 e. The molecule has 0 aromatic heterocycles. The quantitative estimate of drug-likeness (QED) is 0.769. The largest absolute Gasteiger partial charge is 0.484 e. The summed E-state index contributed by atoms with van der Waals surface area (Å²) in [6.45, 7) is 9.10. The lowest BCUT2D eigenvalue weighted by Crippen LogP contribution is -2.47. The molecule has 1 heterocycles. The van der Waals surface area contributed by atoms with Crippen molar-refractivity contribution in [1.29, 1.82) is 0 Å². The number of benzene rings is 2. The van der Waals surface area contributed by atoms with Crippen molar-refractivity contribution >= 4 is 23.4 Å². The molecule has 0 aliphatic carbocycles. The number of nitrogens with one attached hydrogen (secondary N) is 1. The number of rotatable bonds is 5. The van der Waals surface area contributed by atoms with Crippen molar-refractivity contribution in [3.8, 4) is 5.75 Å². The molecule has 1 aliphatic rings. The SMILES string of the molecule is Cc1ccc(C(=O)N2CCC(NC(=O)COc3cc(C)c(Cl)c(C)c3)CC2)cc1C. The number of aryl methyl sites for hydroxylation is 4. The molecule has 0 spiro atoms. The summed E-state index contributed by atoms with van der Waals surface area (Å²) in [5.41, 5.74) is 4.87. The summed E-state index contributed by atoms with van der Waals surface area (Å²) in [5.74, 6) is 0.539. The number of ether oxygens (including phenoxy) is 1. The Kier molecular flexibility index (Phi) is 7.03. The van der Waals surface area contributed by atoms with Gasteiger partial charge in [-0.2, -0.15) is 0 Å². The molecule has 1 aliphatic heterocycles. The fourth-order valence-electron chi connectivity index (χ4n) is 3.69. The van der Waals surface area contributed by atoms with Crippen LogP contribution in [-0.2, 0) is 4.79 Å². The summed E-state index contributed by atoms with van der Waals surface area (Å²) in [7, 11) is 0. The van der Waals surface area contributed by atoms with Gasteiger partial charge in [0.1, 0.15) is 5.75 Å². The minimum absolute atomic E-state index is 0.0394. The Bertz CT molecular complexity index is 926. The van der Waals surface area contributed by atoms with Crippen LogP contribution in [0, 0.1) is 27.7 Å². The highest BCUT2D eigenvalue weighted by molar-refractivity contribution is 6.32. The van der Waals surface area contributed by atoms with E-state index in [1.807, 2.05) is 62.9 Å². The van der Waals surface area contributed by atoms with Crippen LogP contribution in [0.25, 0.3) is 0 Å². The van der Waals surface area contributed by atoms with Crippen LogP contribution in [0.2, 0.25) is 5.02 Å². The lowest BCUT2D eigenvalue weighted by atomic mass is 10.0. The minimum atomic E-state index is -0.154. The average molecular weight is 429 g/mol. The molecule has 0 saturated carbocycles. The summed E-state index contributed by atoms with van der Waals surface area (Å²) in [5, 5.41) is 3.73. The molecule has 30 heavy (non-hydrogen) atoms. The van der Waals surface area contributed by atoms with Crippen LogP contribution in [0.4, 0.5) is 0 Å². The van der Waals surface area contributed by atoms with Crippen molar-refractivity contribution in [3.63, 3.8) is 0 Å². The number of piperidine rings is 1. The molecule has 1 N–H and O–H groups in total. The van der Waals surface area contributed by atoms with E-state index < -0.39 is 0 Å². The fourth-order valence-corrected chi connectivity index (χ4v) is 3.80. The molecule has 6 heteroatoms. The molecule has 2 aromatic carbocycles. The van der Waals surface area contributed by atoms with Crippen LogP contribution in [0.15, 0.2) is 30.3 Å². The van der Waals surface area contributed by atoms with Gasteiger partial charge in [0.25, 0.3) is 11.8 Å². The number of carbonyl (C=O) groups is 2. The highest BCUT2D eigenvalue weighted by Gasteiger charge is 2.25. The van der Waals surface area contributed by atoms with Crippen molar-refractivity contribution in [2.24, 2.45) is 0 Å². The molecule has 0 atom stereocenters. The number of halogens is 1. The smallest absolute Gasteiger partial charge is 0.258 e. The molecule has 1 saturated heterocycles. The van der Waals surface area contributed by atoms with Gasteiger partial charge in [-0.15, -0.1) is 0 Å². The lowest BCUT2D eigenvalue weighted by Gasteiger charge is -2.32. The maximum atomic E-state index is 12.7. The van der Waals surface area contributed by atoms with Crippen LogP contribution < -0.4 is 10.1 Å². The van der Waals surface area contributed by atoms with Crippen molar-refractivity contribution in [3.05, 3.63) is 63.2 Å². The van der Waals surface area contributed by atoms with Crippen LogP contribution in [0.5, 0.6) is 5.75 Å². The van der Waals surface area contributed by atoms with Crippen LogP contribution in [0.3, 0.4) is 0 Å². The third kappa shape index (κ3) is 5.33. The van der Waals surface area contributed by atoms with Crippen molar-refractivity contribution in [2.45, 2.75) is 46.6 Å². The maximum Gasteiger partial charge on any atom is 0.258 e. The molecule has 3 rings (SSSR count). The van der Waals surface area contributed by atoms with Gasteiger partial charge in [0.05, 0.1) is 0 Å². The van der Waals surface area contributed by atoms with Gasteiger partial charge in [-0.3, -0.25) is 9.59 Å². The first-order chi connectivity index (χ1) is 14.2. The van der Waals surface area contributed by atoms with Crippen molar-refractivity contribution in [1.82, 2.24) is 10.2 Å².